The van der Waals surface area contributed by atoms with Crippen LogP contribution in [0.1, 0.15) is 5.56 Å². The lowest BCUT2D eigenvalue weighted by atomic mass is 10.2. The number of hydrogen-bond donors (Lipinski definition) is 1. The molecule has 0 saturated carbocycles. The number of nitrogens with two attached hydrogens (primary N) is 1. The minimum atomic E-state index is -3.11. The van der Waals surface area contributed by atoms with Gasteiger partial charge in [-0.15, -0.1) is 0 Å². The lowest BCUT2D eigenvalue weighted by molar-refractivity contribution is 0.602. The minimum Gasteiger partial charge on any atom is -0.320 e. The fraction of sp³-hybridized carbons (Fsp3) is 0.200. The van der Waals surface area contributed by atoms with Crippen molar-refractivity contribution in [2.45, 2.75) is 4.90 Å². The lowest BCUT2D eigenvalue weighted by Crippen LogP contribution is -1.96. The highest BCUT2D eigenvalue weighted by molar-refractivity contribution is 7.90. The van der Waals surface area contributed by atoms with E-state index in [1.54, 1.807) is 12.1 Å². The van der Waals surface area contributed by atoms with Crippen LogP contribution in [-0.2, 0) is 9.84 Å². The van der Waals surface area contributed by atoms with Gasteiger partial charge in [-0.05, 0) is 24.3 Å². The first-order valence-electron chi connectivity index (χ1n) is 4.03. The molecule has 1 rings (SSSR count). The second kappa shape index (κ2) is 4.27. The predicted molar refractivity (Wildman–Crippen MR) is 55.5 cm³/mol. The molecule has 0 unspecified atom stereocenters. The van der Waals surface area contributed by atoms with Crippen molar-refractivity contribution in [2.75, 3.05) is 12.8 Å². The molecule has 4 heteroatoms. The number of hydrogen-bond acceptors (Lipinski definition) is 3. The Morgan fingerprint density at radius 1 is 1.29 bits per heavy atom. The maximum absolute atomic E-state index is 11.1. The van der Waals surface area contributed by atoms with Crippen molar-refractivity contribution in [3.8, 4) is 11.8 Å². The van der Waals surface area contributed by atoms with Crippen LogP contribution in [0, 0.1) is 11.8 Å². The van der Waals surface area contributed by atoms with Crippen molar-refractivity contribution >= 4 is 9.84 Å². The first-order valence-corrected chi connectivity index (χ1v) is 5.92. The van der Waals surface area contributed by atoms with Gasteiger partial charge in [0.2, 0.25) is 0 Å². The van der Waals surface area contributed by atoms with E-state index in [9.17, 15) is 8.42 Å². The van der Waals surface area contributed by atoms with E-state index in [0.29, 0.717) is 11.4 Å². The molecule has 0 radical (unpaired) electrons. The summed E-state index contributed by atoms with van der Waals surface area (Å²) in [5, 5.41) is 0. The smallest absolute Gasteiger partial charge is 0.175 e. The van der Waals surface area contributed by atoms with E-state index in [4.69, 9.17) is 5.73 Å². The molecule has 0 aromatic heterocycles. The number of sulfone groups is 1. The van der Waals surface area contributed by atoms with Crippen molar-refractivity contribution < 1.29 is 8.42 Å². The Bertz CT molecular complexity index is 463. The molecule has 0 fully saturated rings. The highest BCUT2D eigenvalue weighted by atomic mass is 32.2. The molecule has 0 heterocycles. The van der Waals surface area contributed by atoms with Crippen molar-refractivity contribution in [2.24, 2.45) is 5.73 Å². The zero-order valence-corrected chi connectivity index (χ0v) is 8.64. The summed E-state index contributed by atoms with van der Waals surface area (Å²) in [4.78, 5) is 0.302. The van der Waals surface area contributed by atoms with Gasteiger partial charge in [-0.2, -0.15) is 0 Å². The summed E-state index contributed by atoms with van der Waals surface area (Å²) in [6.07, 6.45) is 1.17. The molecule has 0 aliphatic carbocycles. The Hall–Kier alpha value is -1.31. The first kappa shape index (κ1) is 10.8. The average Bonchev–Trinajstić information content (AvgIpc) is 2.14. The van der Waals surface area contributed by atoms with Gasteiger partial charge in [0.05, 0.1) is 11.4 Å². The maximum atomic E-state index is 11.1. The molecule has 0 aliphatic heterocycles. The van der Waals surface area contributed by atoms with Crippen molar-refractivity contribution in [1.29, 1.82) is 0 Å². The number of benzene rings is 1. The maximum Gasteiger partial charge on any atom is 0.175 e. The van der Waals surface area contributed by atoms with Crippen LogP contribution >= 0.6 is 0 Å². The SMILES string of the molecule is CS(=O)(=O)c1ccc(C#CCN)cc1. The van der Waals surface area contributed by atoms with Crippen LogP contribution in [0.15, 0.2) is 29.2 Å². The van der Waals surface area contributed by atoms with Gasteiger partial charge in [-0.25, -0.2) is 8.42 Å². The van der Waals surface area contributed by atoms with Crippen LogP contribution < -0.4 is 5.73 Å². The van der Waals surface area contributed by atoms with Gasteiger partial charge in [0.1, 0.15) is 0 Å². The highest BCUT2D eigenvalue weighted by Crippen LogP contribution is 2.09. The van der Waals surface area contributed by atoms with Crippen LogP contribution in [0.2, 0.25) is 0 Å². The van der Waals surface area contributed by atoms with Gasteiger partial charge in [-0.1, -0.05) is 11.8 Å². The van der Waals surface area contributed by atoms with Crippen molar-refractivity contribution in [3.63, 3.8) is 0 Å². The molecule has 0 atom stereocenters. The molecule has 0 spiro atoms. The summed E-state index contributed by atoms with van der Waals surface area (Å²) in [5.74, 6) is 5.50. The first-order chi connectivity index (χ1) is 6.54. The quantitative estimate of drug-likeness (QED) is 0.681. The van der Waals surface area contributed by atoms with Gasteiger partial charge >= 0.3 is 0 Å². The molecule has 0 aliphatic rings. The Morgan fingerprint density at radius 2 is 1.86 bits per heavy atom. The van der Waals surface area contributed by atoms with Crippen LogP contribution in [0.3, 0.4) is 0 Å². The summed E-state index contributed by atoms with van der Waals surface area (Å²) < 4.78 is 22.2. The fourth-order valence-electron chi connectivity index (χ4n) is 0.939. The Balaban J connectivity index is 3.01. The Labute approximate surface area is 83.9 Å². The minimum absolute atomic E-state index is 0.299. The van der Waals surface area contributed by atoms with Gasteiger partial charge in [0.15, 0.2) is 9.84 Å². The van der Waals surface area contributed by atoms with Gasteiger partial charge < -0.3 is 5.73 Å². The summed E-state index contributed by atoms with van der Waals surface area (Å²) in [5.41, 5.74) is 5.97. The zero-order valence-electron chi connectivity index (χ0n) is 7.82. The van der Waals surface area contributed by atoms with E-state index in [2.05, 4.69) is 11.8 Å². The molecular formula is C10H11NO2S. The highest BCUT2D eigenvalue weighted by Gasteiger charge is 2.04. The number of rotatable bonds is 1. The van der Waals surface area contributed by atoms with Crippen molar-refractivity contribution in [1.82, 2.24) is 0 Å². The van der Waals surface area contributed by atoms with Crippen molar-refractivity contribution in [3.05, 3.63) is 29.8 Å². The second-order valence-corrected chi connectivity index (χ2v) is 4.82. The van der Waals surface area contributed by atoms with E-state index >= 15 is 0 Å². The van der Waals surface area contributed by atoms with E-state index < -0.39 is 9.84 Å². The molecule has 2 N–H and O–H groups in total. The molecule has 1 aromatic rings. The summed E-state index contributed by atoms with van der Waals surface area (Å²) in [6, 6.07) is 6.41. The van der Waals surface area contributed by atoms with E-state index in [-0.39, 0.29) is 0 Å². The largest absolute Gasteiger partial charge is 0.320 e. The van der Waals surface area contributed by atoms with Gasteiger partial charge in [-0.3, -0.25) is 0 Å². The molecule has 0 amide bonds. The topological polar surface area (TPSA) is 60.2 Å². The normalized spacial score (nSPS) is 10.4. The fourth-order valence-corrected chi connectivity index (χ4v) is 1.57. The van der Waals surface area contributed by atoms with Gasteiger partial charge in [0.25, 0.3) is 0 Å². The standard InChI is InChI=1S/C10H11NO2S/c1-14(12,13)10-6-4-9(5-7-10)3-2-8-11/h4-7H,8,11H2,1H3. The van der Waals surface area contributed by atoms with E-state index in [1.165, 1.54) is 18.4 Å². The zero-order chi connectivity index (χ0) is 10.6. The summed E-state index contributed by atoms with van der Waals surface area (Å²) >= 11 is 0. The van der Waals surface area contributed by atoms with Crippen LogP contribution in [-0.4, -0.2) is 21.2 Å². The molecule has 0 bridgehead atoms. The molecule has 3 nitrogen and oxygen atoms in total. The third-order valence-corrected chi connectivity index (χ3v) is 2.75. The van der Waals surface area contributed by atoms with E-state index in [1.807, 2.05) is 0 Å². The van der Waals surface area contributed by atoms with E-state index in [0.717, 1.165) is 5.56 Å². The molecule has 1 aromatic carbocycles. The van der Waals surface area contributed by atoms with Gasteiger partial charge in [0, 0.05) is 11.8 Å². The molecule has 0 saturated heterocycles. The monoisotopic (exact) mass is 209 g/mol. The lowest BCUT2D eigenvalue weighted by Gasteiger charge is -1.96. The Kier molecular flexibility index (Phi) is 3.28. The molecule has 74 valence electrons. The molecule has 14 heavy (non-hydrogen) atoms. The van der Waals surface area contributed by atoms with Crippen LogP contribution in [0.25, 0.3) is 0 Å². The third kappa shape index (κ3) is 2.87. The summed E-state index contributed by atoms with van der Waals surface area (Å²) in [6.45, 7) is 0.299. The van der Waals surface area contributed by atoms with Crippen LogP contribution in [0.4, 0.5) is 0 Å². The predicted octanol–water partition coefficient (Wildman–Crippen LogP) is 0.400. The molecular weight excluding hydrogens is 198 g/mol. The third-order valence-electron chi connectivity index (χ3n) is 1.62. The average molecular weight is 209 g/mol. The second-order valence-electron chi connectivity index (χ2n) is 2.80. The van der Waals surface area contributed by atoms with Crippen LogP contribution in [0.5, 0.6) is 0 Å². The Morgan fingerprint density at radius 3 is 2.29 bits per heavy atom. The summed E-state index contributed by atoms with van der Waals surface area (Å²) in [7, 11) is -3.11.